The van der Waals surface area contributed by atoms with Gasteiger partial charge in [0.15, 0.2) is 6.54 Å². The number of quaternary nitrogens is 1. The Labute approximate surface area is 132 Å². The maximum atomic E-state index is 12.4. The number of hydrogen-bond donors (Lipinski definition) is 2. The van der Waals surface area contributed by atoms with Gasteiger partial charge in [0, 0.05) is 5.69 Å². The SMILES string of the molecule is Cc1cc(C)c(NC(=O)C[NH+]2C[C@@H](C)C(=O)C[C@@H]2C)c(C)c1. The fourth-order valence-electron chi connectivity index (χ4n) is 3.37. The number of carbonyl (C=O) groups excluding carboxylic acids is 2. The zero-order valence-corrected chi connectivity index (χ0v) is 14.2. The van der Waals surface area contributed by atoms with Crippen LogP contribution in [0, 0.1) is 26.7 Å². The van der Waals surface area contributed by atoms with Gasteiger partial charge >= 0.3 is 0 Å². The smallest absolute Gasteiger partial charge is 0.279 e. The molecule has 2 N–H and O–H groups in total. The van der Waals surface area contributed by atoms with E-state index in [1.165, 1.54) is 10.5 Å². The van der Waals surface area contributed by atoms with Crippen LogP contribution in [0.4, 0.5) is 5.69 Å². The van der Waals surface area contributed by atoms with E-state index in [9.17, 15) is 9.59 Å². The Morgan fingerprint density at radius 2 is 1.82 bits per heavy atom. The minimum atomic E-state index is 0.0263. The Morgan fingerprint density at radius 1 is 1.23 bits per heavy atom. The van der Waals surface area contributed by atoms with Crippen LogP contribution in [0.25, 0.3) is 0 Å². The van der Waals surface area contributed by atoms with Gasteiger partial charge in [-0.15, -0.1) is 0 Å². The quantitative estimate of drug-likeness (QED) is 0.887. The molecule has 1 amide bonds. The van der Waals surface area contributed by atoms with Gasteiger partial charge in [-0.25, -0.2) is 0 Å². The summed E-state index contributed by atoms with van der Waals surface area (Å²) in [5.74, 6) is 0.405. The van der Waals surface area contributed by atoms with Crippen molar-refractivity contribution < 1.29 is 14.5 Å². The van der Waals surface area contributed by atoms with E-state index in [2.05, 4.69) is 31.3 Å². The van der Waals surface area contributed by atoms with Crippen LogP contribution in [0.2, 0.25) is 0 Å². The number of piperidine rings is 1. The number of anilines is 1. The summed E-state index contributed by atoms with van der Waals surface area (Å²) in [6.45, 7) is 11.3. The second-order valence-corrected chi connectivity index (χ2v) is 6.83. The molecule has 1 aliphatic rings. The lowest BCUT2D eigenvalue weighted by Crippen LogP contribution is -3.18. The molecule has 0 aromatic heterocycles. The van der Waals surface area contributed by atoms with Gasteiger partial charge in [-0.1, -0.05) is 24.6 Å². The normalized spacial score (nSPS) is 25.1. The Bertz CT molecular complexity index is 572. The molecule has 120 valence electrons. The molecule has 0 saturated carbocycles. The zero-order valence-electron chi connectivity index (χ0n) is 14.2. The number of carbonyl (C=O) groups is 2. The predicted molar refractivity (Wildman–Crippen MR) is 88.2 cm³/mol. The largest absolute Gasteiger partial charge is 0.324 e. The van der Waals surface area contributed by atoms with Crippen molar-refractivity contribution >= 4 is 17.4 Å². The maximum absolute atomic E-state index is 12.4. The Morgan fingerprint density at radius 3 is 2.41 bits per heavy atom. The molecule has 1 aromatic rings. The molecule has 1 aromatic carbocycles. The molecule has 1 fully saturated rings. The predicted octanol–water partition coefficient (Wildman–Crippen LogP) is 1.43. The third kappa shape index (κ3) is 3.74. The van der Waals surface area contributed by atoms with E-state index in [1.54, 1.807) is 0 Å². The lowest BCUT2D eigenvalue weighted by atomic mass is 9.93. The summed E-state index contributed by atoms with van der Waals surface area (Å²) in [4.78, 5) is 25.3. The van der Waals surface area contributed by atoms with E-state index in [1.807, 2.05) is 20.8 Å². The first-order valence-corrected chi connectivity index (χ1v) is 8.03. The molecular weight excluding hydrogens is 276 g/mol. The standard InChI is InChI=1S/C18H26N2O2/c1-11-6-12(2)18(13(3)7-11)19-17(22)10-20-9-14(4)16(21)8-15(20)5/h6-7,14-15H,8-10H2,1-5H3,(H,19,22)/p+1/t14-,15+/m1/s1. The molecule has 1 aliphatic heterocycles. The Hall–Kier alpha value is -1.68. The number of likely N-dealkylation sites (tertiary alicyclic amines) is 1. The van der Waals surface area contributed by atoms with Crippen LogP contribution < -0.4 is 10.2 Å². The molecule has 2 rings (SSSR count). The van der Waals surface area contributed by atoms with E-state index >= 15 is 0 Å². The highest BCUT2D eigenvalue weighted by atomic mass is 16.2. The van der Waals surface area contributed by atoms with Gasteiger partial charge in [-0.3, -0.25) is 9.59 Å². The van der Waals surface area contributed by atoms with Crippen molar-refractivity contribution in [3.05, 3.63) is 28.8 Å². The van der Waals surface area contributed by atoms with Gasteiger partial charge in [-0.05, 0) is 38.8 Å². The van der Waals surface area contributed by atoms with Gasteiger partial charge in [-0.2, -0.15) is 0 Å². The molecule has 0 aliphatic carbocycles. The van der Waals surface area contributed by atoms with Crippen LogP contribution >= 0.6 is 0 Å². The van der Waals surface area contributed by atoms with Crippen LogP contribution in [-0.2, 0) is 9.59 Å². The fourth-order valence-corrected chi connectivity index (χ4v) is 3.37. The summed E-state index contributed by atoms with van der Waals surface area (Å²) in [6, 6.07) is 4.38. The number of Topliss-reactive ketones (excluding diaryl/α,β-unsaturated/α-hetero) is 1. The summed E-state index contributed by atoms with van der Waals surface area (Å²) < 4.78 is 0. The summed E-state index contributed by atoms with van der Waals surface area (Å²) in [5, 5.41) is 3.05. The van der Waals surface area contributed by atoms with E-state index in [4.69, 9.17) is 0 Å². The number of rotatable bonds is 3. The van der Waals surface area contributed by atoms with Crippen LogP contribution in [-0.4, -0.2) is 30.8 Å². The molecule has 1 heterocycles. The molecule has 1 unspecified atom stereocenters. The molecular formula is C18H27N2O2+. The monoisotopic (exact) mass is 303 g/mol. The minimum absolute atomic E-state index is 0.0263. The van der Waals surface area contributed by atoms with E-state index in [0.29, 0.717) is 18.7 Å². The number of hydrogen-bond acceptors (Lipinski definition) is 2. The first-order valence-electron chi connectivity index (χ1n) is 8.03. The molecule has 4 nitrogen and oxygen atoms in total. The van der Waals surface area contributed by atoms with Crippen LogP contribution in [0.5, 0.6) is 0 Å². The summed E-state index contributed by atoms with van der Waals surface area (Å²) in [5.41, 5.74) is 4.31. The van der Waals surface area contributed by atoms with Crippen LogP contribution in [0.15, 0.2) is 12.1 Å². The van der Waals surface area contributed by atoms with Gasteiger partial charge in [0.2, 0.25) is 0 Å². The summed E-state index contributed by atoms with van der Waals surface area (Å²) in [7, 11) is 0. The first-order chi connectivity index (χ1) is 10.3. The first kappa shape index (κ1) is 16.7. The third-order valence-electron chi connectivity index (χ3n) is 4.65. The van der Waals surface area contributed by atoms with E-state index in [0.717, 1.165) is 23.4 Å². The third-order valence-corrected chi connectivity index (χ3v) is 4.65. The van der Waals surface area contributed by atoms with Crippen molar-refractivity contribution in [3.63, 3.8) is 0 Å². The van der Waals surface area contributed by atoms with Crippen molar-refractivity contribution in [1.29, 1.82) is 0 Å². The number of amides is 1. The second kappa shape index (κ2) is 6.61. The zero-order chi connectivity index (χ0) is 16.4. The number of benzene rings is 1. The fraction of sp³-hybridized carbons (Fsp3) is 0.556. The van der Waals surface area contributed by atoms with Gasteiger partial charge in [0.05, 0.1) is 24.9 Å². The van der Waals surface area contributed by atoms with Gasteiger partial charge < -0.3 is 10.2 Å². The lowest BCUT2D eigenvalue weighted by molar-refractivity contribution is -0.920. The van der Waals surface area contributed by atoms with Crippen molar-refractivity contribution in [2.75, 3.05) is 18.4 Å². The summed E-state index contributed by atoms with van der Waals surface area (Å²) in [6.07, 6.45) is 0.576. The molecule has 4 heteroatoms. The van der Waals surface area contributed by atoms with E-state index < -0.39 is 0 Å². The van der Waals surface area contributed by atoms with Crippen LogP contribution in [0.3, 0.4) is 0 Å². The van der Waals surface area contributed by atoms with Crippen molar-refractivity contribution in [1.82, 2.24) is 0 Å². The molecule has 0 radical (unpaired) electrons. The highest BCUT2D eigenvalue weighted by Crippen LogP contribution is 2.21. The maximum Gasteiger partial charge on any atom is 0.279 e. The highest BCUT2D eigenvalue weighted by molar-refractivity contribution is 5.93. The second-order valence-electron chi connectivity index (χ2n) is 6.83. The Balaban J connectivity index is 2.03. The number of aryl methyl sites for hydroxylation is 3. The Kier molecular flexibility index (Phi) is 5.01. The van der Waals surface area contributed by atoms with Crippen molar-refractivity contribution in [2.45, 2.75) is 47.1 Å². The van der Waals surface area contributed by atoms with Crippen molar-refractivity contribution in [3.8, 4) is 0 Å². The summed E-state index contributed by atoms with van der Waals surface area (Å²) >= 11 is 0. The van der Waals surface area contributed by atoms with E-state index in [-0.39, 0.29) is 17.9 Å². The highest BCUT2D eigenvalue weighted by Gasteiger charge is 2.33. The molecule has 0 bridgehead atoms. The molecule has 3 atom stereocenters. The lowest BCUT2D eigenvalue weighted by Gasteiger charge is -2.32. The average Bonchev–Trinajstić information content (AvgIpc) is 2.40. The van der Waals surface area contributed by atoms with Crippen LogP contribution in [0.1, 0.15) is 37.0 Å². The van der Waals surface area contributed by atoms with Gasteiger partial charge in [0.25, 0.3) is 5.91 Å². The average molecular weight is 303 g/mol. The molecule has 1 saturated heterocycles. The molecule has 0 spiro atoms. The number of nitrogens with one attached hydrogen (secondary N) is 2. The van der Waals surface area contributed by atoms with Crippen molar-refractivity contribution in [2.24, 2.45) is 5.92 Å². The minimum Gasteiger partial charge on any atom is -0.324 e. The topological polar surface area (TPSA) is 50.6 Å². The van der Waals surface area contributed by atoms with Gasteiger partial charge in [0.1, 0.15) is 5.78 Å². The number of ketones is 1. The molecule has 22 heavy (non-hydrogen) atoms.